The van der Waals surface area contributed by atoms with Gasteiger partial charge in [-0.05, 0) is 6.42 Å². The van der Waals surface area contributed by atoms with Crippen molar-refractivity contribution >= 4 is 29.3 Å². The number of rotatable bonds is 0. The van der Waals surface area contributed by atoms with E-state index in [0.717, 1.165) is 13.0 Å². The zero-order valence-electron chi connectivity index (χ0n) is 3.76. The Labute approximate surface area is 53.1 Å². The van der Waals surface area contributed by atoms with Crippen LogP contribution in [-0.2, 0) is 4.52 Å². The van der Waals surface area contributed by atoms with E-state index in [1.165, 1.54) is 5.75 Å². The fraction of sp³-hybridized carbons (Fsp3) is 1.00. The summed E-state index contributed by atoms with van der Waals surface area (Å²) in [7, 11) is 0. The average Bonchev–Trinajstić information content (AvgIpc) is 1.69. The van der Waals surface area contributed by atoms with Crippen molar-refractivity contribution in [1.82, 2.24) is 0 Å². The maximum absolute atomic E-state index is 5.62. The predicted octanol–water partition coefficient (Wildman–Crippen LogP) is 2.61. The highest BCUT2D eigenvalue weighted by atomic mass is 35.7. The maximum atomic E-state index is 5.62. The molecule has 1 saturated heterocycles. The van der Waals surface area contributed by atoms with Crippen LogP contribution in [0.4, 0.5) is 0 Å². The van der Waals surface area contributed by atoms with E-state index in [9.17, 15) is 0 Å². The zero-order valence-corrected chi connectivity index (χ0v) is 6.23. The first kappa shape index (κ1) is 6.15. The minimum atomic E-state index is -0.603. The third kappa shape index (κ3) is 2.18. The zero-order chi connectivity index (χ0) is 5.11. The van der Waals surface area contributed by atoms with Gasteiger partial charge in [0.05, 0.1) is 6.61 Å². The molecule has 0 radical (unpaired) electrons. The molecule has 0 N–H and O–H groups in total. The topological polar surface area (TPSA) is 9.23 Å². The monoisotopic (exact) mass is 156 g/mol. The van der Waals surface area contributed by atoms with Gasteiger partial charge in [-0.1, -0.05) is 22.6 Å². The van der Waals surface area contributed by atoms with E-state index in [-0.39, 0.29) is 0 Å². The van der Waals surface area contributed by atoms with E-state index < -0.39 is 6.70 Å². The molecule has 4 heteroatoms. The molecule has 0 aromatic rings. The molecule has 7 heavy (non-hydrogen) atoms. The number of hydrogen-bond acceptors (Lipinski definition) is 2. The lowest BCUT2D eigenvalue weighted by molar-refractivity contribution is 0.363. The minimum absolute atomic E-state index is 0.603. The van der Waals surface area contributed by atoms with Gasteiger partial charge in [-0.3, -0.25) is 0 Å². The van der Waals surface area contributed by atoms with Gasteiger partial charge in [0.15, 0.2) is 6.70 Å². The molecule has 1 rings (SSSR count). The highest BCUT2D eigenvalue weighted by Gasteiger charge is 2.09. The molecule has 0 saturated carbocycles. The molecule has 1 fully saturated rings. The smallest absolute Gasteiger partial charge is 0.188 e. The molecule has 0 amide bonds. The fourth-order valence-corrected chi connectivity index (χ4v) is 3.20. The summed E-state index contributed by atoms with van der Waals surface area (Å²) in [6.45, 7) is 0.261. The summed E-state index contributed by atoms with van der Waals surface area (Å²) in [6, 6.07) is 0. The van der Waals surface area contributed by atoms with E-state index in [0.29, 0.717) is 0 Å². The summed E-state index contributed by atoms with van der Waals surface area (Å²) in [5.41, 5.74) is 0. The van der Waals surface area contributed by atoms with Gasteiger partial charge in [0, 0.05) is 5.75 Å². The van der Waals surface area contributed by atoms with Gasteiger partial charge in [0.25, 0.3) is 0 Å². The van der Waals surface area contributed by atoms with E-state index >= 15 is 0 Å². The van der Waals surface area contributed by atoms with Crippen molar-refractivity contribution in [3.8, 4) is 0 Å². The first-order valence-electron chi connectivity index (χ1n) is 2.11. The molecule has 0 aromatic heterocycles. The summed E-state index contributed by atoms with van der Waals surface area (Å²) in [5, 5.41) is 0. The minimum Gasteiger partial charge on any atom is -0.335 e. The molecular formula is C3H6ClOPS. The van der Waals surface area contributed by atoms with E-state index in [1.54, 1.807) is 11.4 Å². The summed E-state index contributed by atoms with van der Waals surface area (Å²) >= 11 is 7.35. The highest BCUT2D eigenvalue weighted by molar-refractivity contribution is 8.61. The Morgan fingerprint density at radius 3 is 2.86 bits per heavy atom. The first-order valence-corrected chi connectivity index (χ1v) is 5.87. The lowest BCUT2D eigenvalue weighted by Crippen LogP contribution is -1.93. The van der Waals surface area contributed by atoms with Crippen molar-refractivity contribution in [2.75, 3.05) is 12.4 Å². The summed E-state index contributed by atoms with van der Waals surface area (Å²) < 4.78 is 5.07. The van der Waals surface area contributed by atoms with E-state index in [1.807, 2.05) is 0 Å². The van der Waals surface area contributed by atoms with Crippen molar-refractivity contribution in [2.45, 2.75) is 6.42 Å². The summed E-state index contributed by atoms with van der Waals surface area (Å²) in [6.07, 6.45) is 1.16. The standard InChI is InChI=1S/C3H6ClOPS/c4-6-5-2-1-3-7-6/h1-3H2. The third-order valence-corrected chi connectivity index (χ3v) is 4.38. The van der Waals surface area contributed by atoms with Gasteiger partial charge in [-0.25, -0.2) is 0 Å². The lowest BCUT2D eigenvalue weighted by Gasteiger charge is -2.13. The van der Waals surface area contributed by atoms with Crippen molar-refractivity contribution in [1.29, 1.82) is 0 Å². The van der Waals surface area contributed by atoms with Crippen LogP contribution in [0.1, 0.15) is 6.42 Å². The number of halogens is 1. The van der Waals surface area contributed by atoms with Gasteiger partial charge in [-0.2, -0.15) is 0 Å². The van der Waals surface area contributed by atoms with Crippen LogP contribution >= 0.6 is 29.3 Å². The maximum Gasteiger partial charge on any atom is 0.188 e. The Morgan fingerprint density at radius 2 is 2.57 bits per heavy atom. The van der Waals surface area contributed by atoms with Gasteiger partial charge < -0.3 is 4.52 Å². The molecule has 1 heterocycles. The van der Waals surface area contributed by atoms with Crippen LogP contribution in [0.25, 0.3) is 0 Å². The Kier molecular flexibility index (Phi) is 2.76. The summed E-state index contributed by atoms with van der Waals surface area (Å²) in [4.78, 5) is 0. The first-order chi connectivity index (χ1) is 3.39. The van der Waals surface area contributed by atoms with Crippen LogP contribution in [-0.4, -0.2) is 12.4 Å². The number of hydrogen-bond donors (Lipinski definition) is 0. The second-order valence-corrected chi connectivity index (χ2v) is 5.87. The van der Waals surface area contributed by atoms with Gasteiger partial charge in [0.1, 0.15) is 0 Å². The van der Waals surface area contributed by atoms with Gasteiger partial charge >= 0.3 is 0 Å². The predicted molar refractivity (Wildman–Crippen MR) is 35.8 cm³/mol. The second-order valence-electron chi connectivity index (χ2n) is 1.23. The largest absolute Gasteiger partial charge is 0.335 e. The highest BCUT2D eigenvalue weighted by Crippen LogP contribution is 2.57. The van der Waals surface area contributed by atoms with Crippen LogP contribution in [0.2, 0.25) is 0 Å². The van der Waals surface area contributed by atoms with Crippen molar-refractivity contribution in [2.24, 2.45) is 0 Å². The SMILES string of the molecule is ClP1OCCCS1. The fourth-order valence-electron chi connectivity index (χ4n) is 0.369. The molecule has 1 unspecified atom stereocenters. The molecule has 42 valence electrons. The molecule has 0 aromatic carbocycles. The third-order valence-electron chi connectivity index (χ3n) is 0.674. The van der Waals surface area contributed by atoms with Crippen LogP contribution in [0.5, 0.6) is 0 Å². The Bertz CT molecular complexity index is 56.9. The lowest BCUT2D eigenvalue weighted by atomic mass is 10.5. The Hall–Kier alpha value is 1.03. The molecule has 1 nitrogen and oxygen atoms in total. The second kappa shape index (κ2) is 3.13. The van der Waals surface area contributed by atoms with Crippen LogP contribution in [0.15, 0.2) is 0 Å². The van der Waals surface area contributed by atoms with Crippen LogP contribution in [0, 0.1) is 0 Å². The van der Waals surface area contributed by atoms with Crippen LogP contribution < -0.4 is 0 Å². The molecule has 0 spiro atoms. The summed E-state index contributed by atoms with van der Waals surface area (Å²) in [5.74, 6) is 1.18. The van der Waals surface area contributed by atoms with Crippen molar-refractivity contribution < 1.29 is 4.52 Å². The molecule has 0 bridgehead atoms. The van der Waals surface area contributed by atoms with Crippen LogP contribution in [0.3, 0.4) is 0 Å². The van der Waals surface area contributed by atoms with E-state index in [2.05, 4.69) is 0 Å². The normalized spacial score (nSPS) is 33.0. The van der Waals surface area contributed by atoms with Crippen molar-refractivity contribution in [3.05, 3.63) is 0 Å². The van der Waals surface area contributed by atoms with Gasteiger partial charge in [0.2, 0.25) is 0 Å². The van der Waals surface area contributed by atoms with Crippen molar-refractivity contribution in [3.63, 3.8) is 0 Å². The quantitative estimate of drug-likeness (QED) is 0.499. The molecule has 1 aliphatic rings. The molecule has 0 aliphatic carbocycles. The van der Waals surface area contributed by atoms with Gasteiger partial charge in [-0.15, -0.1) is 0 Å². The molecule has 1 atom stereocenters. The molecular weight excluding hydrogens is 151 g/mol. The van der Waals surface area contributed by atoms with E-state index in [4.69, 9.17) is 15.8 Å². The molecule has 1 aliphatic heterocycles. The Balaban J connectivity index is 2.12. The average molecular weight is 157 g/mol. The Morgan fingerprint density at radius 1 is 1.71 bits per heavy atom.